The van der Waals surface area contributed by atoms with Gasteiger partial charge >= 0.3 is 6.09 Å². The first-order valence-electron chi connectivity index (χ1n) is 13.8. The molecule has 2 saturated heterocycles. The first kappa shape index (κ1) is 26.2. The lowest BCUT2D eigenvalue weighted by molar-refractivity contribution is -0.122. The van der Waals surface area contributed by atoms with Crippen molar-refractivity contribution in [2.75, 3.05) is 29.9 Å². The van der Waals surface area contributed by atoms with Crippen molar-refractivity contribution < 1.29 is 14.3 Å². The minimum atomic E-state index is -0.541. The molecule has 2 aromatic heterocycles. The Hall–Kier alpha value is -3.37. The van der Waals surface area contributed by atoms with Crippen molar-refractivity contribution in [2.24, 2.45) is 0 Å². The largest absolute Gasteiger partial charge is 0.444 e. The molecule has 4 heterocycles. The van der Waals surface area contributed by atoms with Gasteiger partial charge in [-0.3, -0.25) is 9.89 Å². The molecule has 206 valence electrons. The molecule has 2 atom stereocenters. The molecule has 2 fully saturated rings. The fourth-order valence-electron chi connectivity index (χ4n) is 5.42. The summed E-state index contributed by atoms with van der Waals surface area (Å²) in [4.78, 5) is 39.3. The van der Waals surface area contributed by atoms with Gasteiger partial charge in [0.25, 0.3) is 0 Å². The SMILES string of the molecule is CC(C)c1cc(Nc2nc(N3CCCC3C(=O)NC3CCN(C(=O)OC(C)(C)C)C3)nc3c2CCC3)n[nH]1. The number of rotatable bonds is 6. The lowest BCUT2D eigenvalue weighted by Crippen LogP contribution is -2.48. The molecule has 0 aromatic carbocycles. The molecule has 0 spiro atoms. The van der Waals surface area contributed by atoms with Crippen LogP contribution in [0.25, 0.3) is 0 Å². The maximum Gasteiger partial charge on any atom is 0.410 e. The van der Waals surface area contributed by atoms with Gasteiger partial charge in [0.05, 0.1) is 5.69 Å². The molecule has 2 aromatic rings. The first-order chi connectivity index (χ1) is 18.1. The minimum Gasteiger partial charge on any atom is -0.444 e. The maximum atomic E-state index is 13.4. The number of likely N-dealkylation sites (tertiary alicyclic amines) is 1. The number of aryl methyl sites for hydroxylation is 1. The highest BCUT2D eigenvalue weighted by Gasteiger charge is 2.37. The van der Waals surface area contributed by atoms with Crippen LogP contribution in [0.1, 0.15) is 83.2 Å². The van der Waals surface area contributed by atoms with E-state index in [1.165, 1.54) is 0 Å². The third-order valence-corrected chi connectivity index (χ3v) is 7.39. The van der Waals surface area contributed by atoms with Crippen LogP contribution in [-0.2, 0) is 22.4 Å². The average Bonchev–Trinajstić information content (AvgIpc) is 3.64. The first-order valence-corrected chi connectivity index (χ1v) is 13.8. The van der Waals surface area contributed by atoms with Crippen molar-refractivity contribution in [2.45, 2.75) is 96.7 Å². The summed E-state index contributed by atoms with van der Waals surface area (Å²) in [5.74, 6) is 2.42. The van der Waals surface area contributed by atoms with Gasteiger partial charge in [0.15, 0.2) is 5.82 Å². The average molecular weight is 525 g/mol. The number of fused-ring (bicyclic) bond motifs is 1. The zero-order chi connectivity index (χ0) is 27.0. The van der Waals surface area contributed by atoms with E-state index in [2.05, 4.69) is 34.7 Å². The fraction of sp³-hybridized carbons (Fsp3) is 0.667. The van der Waals surface area contributed by atoms with Crippen LogP contribution >= 0.6 is 0 Å². The molecule has 0 radical (unpaired) electrons. The second kappa shape index (κ2) is 10.4. The van der Waals surface area contributed by atoms with E-state index in [9.17, 15) is 9.59 Å². The van der Waals surface area contributed by atoms with Crippen molar-refractivity contribution in [3.63, 3.8) is 0 Å². The van der Waals surface area contributed by atoms with E-state index in [0.717, 1.165) is 67.2 Å². The van der Waals surface area contributed by atoms with Crippen molar-refractivity contribution in [3.8, 4) is 0 Å². The van der Waals surface area contributed by atoms with Gasteiger partial charge in [-0.2, -0.15) is 10.1 Å². The molecule has 2 amide bonds. The number of carbonyl (C=O) groups excluding carboxylic acids is 2. The molecule has 2 aliphatic heterocycles. The molecule has 11 nitrogen and oxygen atoms in total. The summed E-state index contributed by atoms with van der Waals surface area (Å²) < 4.78 is 5.49. The number of nitrogens with one attached hydrogen (secondary N) is 3. The Bertz CT molecular complexity index is 1190. The van der Waals surface area contributed by atoms with E-state index in [-0.39, 0.29) is 24.1 Å². The molecule has 0 saturated carbocycles. The second-order valence-electron chi connectivity index (χ2n) is 11.9. The zero-order valence-corrected chi connectivity index (χ0v) is 23.1. The summed E-state index contributed by atoms with van der Waals surface area (Å²) in [6, 6.07) is 1.59. The van der Waals surface area contributed by atoms with Gasteiger partial charge in [-0.1, -0.05) is 13.8 Å². The number of hydrogen-bond acceptors (Lipinski definition) is 8. The van der Waals surface area contributed by atoms with Crippen LogP contribution in [0.5, 0.6) is 0 Å². The summed E-state index contributed by atoms with van der Waals surface area (Å²) >= 11 is 0. The van der Waals surface area contributed by atoms with Crippen LogP contribution < -0.4 is 15.5 Å². The van der Waals surface area contributed by atoms with Gasteiger partial charge in [-0.15, -0.1) is 0 Å². The predicted molar refractivity (Wildman–Crippen MR) is 145 cm³/mol. The van der Waals surface area contributed by atoms with E-state index in [4.69, 9.17) is 14.7 Å². The number of aromatic nitrogens is 4. The number of nitrogens with zero attached hydrogens (tertiary/aromatic N) is 5. The Labute approximate surface area is 224 Å². The maximum absolute atomic E-state index is 13.4. The van der Waals surface area contributed by atoms with E-state index >= 15 is 0 Å². The number of hydrogen-bond donors (Lipinski definition) is 3. The summed E-state index contributed by atoms with van der Waals surface area (Å²) in [6.45, 7) is 11.6. The van der Waals surface area contributed by atoms with Crippen LogP contribution in [0, 0.1) is 0 Å². The van der Waals surface area contributed by atoms with Crippen molar-refractivity contribution in [1.29, 1.82) is 0 Å². The van der Waals surface area contributed by atoms with Gasteiger partial charge in [-0.25, -0.2) is 9.78 Å². The molecule has 5 rings (SSSR count). The molecule has 2 unspecified atom stereocenters. The number of amides is 2. The van der Waals surface area contributed by atoms with Gasteiger partial charge in [0, 0.05) is 43.0 Å². The van der Waals surface area contributed by atoms with Crippen molar-refractivity contribution in [3.05, 3.63) is 23.0 Å². The highest BCUT2D eigenvalue weighted by Crippen LogP contribution is 2.33. The highest BCUT2D eigenvalue weighted by molar-refractivity contribution is 5.86. The van der Waals surface area contributed by atoms with Gasteiger partial charge in [0.2, 0.25) is 11.9 Å². The summed E-state index contributed by atoms with van der Waals surface area (Å²) in [6.07, 6.45) is 4.90. The van der Waals surface area contributed by atoms with Gasteiger partial charge in [-0.05, 0) is 65.2 Å². The molecule has 3 N–H and O–H groups in total. The summed E-state index contributed by atoms with van der Waals surface area (Å²) in [5, 5.41) is 14.1. The predicted octanol–water partition coefficient (Wildman–Crippen LogP) is 3.65. The molecule has 0 bridgehead atoms. The van der Waals surface area contributed by atoms with E-state index in [0.29, 0.717) is 31.4 Å². The molecular formula is C27H40N8O3. The number of carbonyl (C=O) groups is 2. The van der Waals surface area contributed by atoms with Gasteiger partial charge in [0.1, 0.15) is 17.5 Å². The number of aromatic amines is 1. The Balaban J connectivity index is 1.28. The van der Waals surface area contributed by atoms with Crippen LogP contribution in [-0.4, -0.2) is 74.4 Å². The van der Waals surface area contributed by atoms with Crippen molar-refractivity contribution in [1.82, 2.24) is 30.4 Å². The Morgan fingerprint density at radius 2 is 1.95 bits per heavy atom. The monoisotopic (exact) mass is 524 g/mol. The Morgan fingerprint density at radius 3 is 2.68 bits per heavy atom. The quantitative estimate of drug-likeness (QED) is 0.522. The minimum absolute atomic E-state index is 0.0361. The van der Waals surface area contributed by atoms with Crippen molar-refractivity contribution >= 4 is 29.6 Å². The number of anilines is 3. The summed E-state index contributed by atoms with van der Waals surface area (Å²) in [7, 11) is 0. The molecule has 11 heteroatoms. The smallest absolute Gasteiger partial charge is 0.410 e. The molecule has 1 aliphatic carbocycles. The van der Waals surface area contributed by atoms with E-state index < -0.39 is 5.60 Å². The van der Waals surface area contributed by atoms with Gasteiger partial charge < -0.3 is 25.2 Å². The molecule has 38 heavy (non-hydrogen) atoms. The molecular weight excluding hydrogens is 484 g/mol. The second-order valence-corrected chi connectivity index (χ2v) is 11.9. The lowest BCUT2D eigenvalue weighted by Gasteiger charge is -2.27. The number of H-pyrrole nitrogens is 1. The normalized spacial score (nSPS) is 21.2. The van der Waals surface area contributed by atoms with Crippen LogP contribution in [0.4, 0.5) is 22.4 Å². The van der Waals surface area contributed by atoms with Crippen LogP contribution in [0.2, 0.25) is 0 Å². The van der Waals surface area contributed by atoms with Crippen LogP contribution in [0.3, 0.4) is 0 Å². The Kier molecular flexibility index (Phi) is 7.19. The van der Waals surface area contributed by atoms with Crippen LogP contribution in [0.15, 0.2) is 6.07 Å². The lowest BCUT2D eigenvalue weighted by atomic mass is 10.1. The third kappa shape index (κ3) is 5.71. The van der Waals surface area contributed by atoms with E-state index in [1.54, 1.807) is 4.90 Å². The Morgan fingerprint density at radius 1 is 1.13 bits per heavy atom. The fourth-order valence-corrected chi connectivity index (χ4v) is 5.42. The topological polar surface area (TPSA) is 128 Å². The highest BCUT2D eigenvalue weighted by atomic mass is 16.6. The number of ether oxygens (including phenoxy) is 1. The van der Waals surface area contributed by atoms with E-state index in [1.807, 2.05) is 31.7 Å². The third-order valence-electron chi connectivity index (χ3n) is 7.39. The standard InChI is InChI=1S/C27H40N8O3/c1-16(2)20-14-22(33-32-20)30-23-18-8-6-9-19(18)29-25(31-23)35-12-7-10-21(35)24(36)28-17-11-13-34(15-17)26(37)38-27(3,4)5/h14,16-17,21H,6-13,15H2,1-5H3,(H,28,36)(H2,29,30,31,32,33). The molecule has 3 aliphatic rings. The summed E-state index contributed by atoms with van der Waals surface area (Å²) in [5.41, 5.74) is 2.70. The zero-order valence-electron chi connectivity index (χ0n) is 23.1.